The maximum absolute atomic E-state index is 9.96. The Balaban J connectivity index is 2.80. The van der Waals surface area contributed by atoms with Crippen LogP contribution in [-0.4, -0.2) is 6.29 Å². The Hall–Kier alpha value is -1.05. The molecule has 48 valence electrons. The van der Waals surface area contributed by atoms with Crippen molar-refractivity contribution in [2.75, 3.05) is 0 Å². The van der Waals surface area contributed by atoms with Crippen LogP contribution in [0, 0.1) is 6.92 Å². The fraction of sp³-hybridized carbons (Fsp3) is 0.286. The summed E-state index contributed by atoms with van der Waals surface area (Å²) in [6.45, 7) is 1.92. The maximum Gasteiger partial charge on any atom is 0.127 e. The quantitative estimate of drug-likeness (QED) is 0.557. The summed E-state index contributed by atoms with van der Waals surface area (Å²) in [6, 6.07) is 1.85. The molecular formula is C7H8O2. The molecule has 0 saturated heterocycles. The van der Waals surface area contributed by atoms with Crippen LogP contribution >= 0.6 is 0 Å². The van der Waals surface area contributed by atoms with E-state index < -0.39 is 0 Å². The number of rotatable bonds is 2. The van der Waals surface area contributed by atoms with Crippen molar-refractivity contribution in [1.82, 2.24) is 0 Å². The molecule has 0 saturated carbocycles. The molecule has 0 aliphatic carbocycles. The van der Waals surface area contributed by atoms with Crippen molar-refractivity contribution in [3.05, 3.63) is 23.7 Å². The number of hydrogen-bond acceptors (Lipinski definition) is 2. The minimum absolute atomic E-state index is 0.388. The molecule has 0 aliphatic rings. The minimum atomic E-state index is 0.388. The van der Waals surface area contributed by atoms with Gasteiger partial charge in [0.25, 0.3) is 0 Å². The van der Waals surface area contributed by atoms with Gasteiger partial charge >= 0.3 is 0 Å². The molecule has 2 heteroatoms. The summed E-state index contributed by atoms with van der Waals surface area (Å²) >= 11 is 0. The first-order valence-electron chi connectivity index (χ1n) is 2.81. The third kappa shape index (κ3) is 1.19. The second-order valence-corrected chi connectivity index (χ2v) is 1.90. The first-order valence-corrected chi connectivity index (χ1v) is 2.81. The van der Waals surface area contributed by atoms with Crippen LogP contribution in [0.2, 0.25) is 0 Å². The predicted octanol–water partition coefficient (Wildman–Crippen LogP) is 1.33. The topological polar surface area (TPSA) is 30.2 Å². The zero-order valence-corrected chi connectivity index (χ0v) is 5.26. The summed E-state index contributed by atoms with van der Waals surface area (Å²) in [4.78, 5) is 9.96. The highest BCUT2D eigenvalue weighted by molar-refractivity contribution is 5.54. The molecule has 1 aromatic rings. The maximum atomic E-state index is 9.96. The first kappa shape index (κ1) is 6.08. The third-order valence-electron chi connectivity index (χ3n) is 1.24. The van der Waals surface area contributed by atoms with E-state index in [1.165, 1.54) is 0 Å². The standard InChI is InChI=1S/C7H8O2/c1-6-3-5-9-7(6)2-4-8/h3-5H,2H2,1H3. The highest BCUT2D eigenvalue weighted by atomic mass is 16.3. The second-order valence-electron chi connectivity index (χ2n) is 1.90. The van der Waals surface area contributed by atoms with Crippen molar-refractivity contribution in [1.29, 1.82) is 0 Å². The molecule has 0 amide bonds. The van der Waals surface area contributed by atoms with Gasteiger partial charge in [-0.2, -0.15) is 0 Å². The lowest BCUT2D eigenvalue weighted by atomic mass is 10.2. The monoisotopic (exact) mass is 124 g/mol. The fourth-order valence-electron chi connectivity index (χ4n) is 0.689. The number of aryl methyl sites for hydroxylation is 1. The average Bonchev–Trinajstić information content (AvgIpc) is 2.18. The molecule has 1 heterocycles. The zero-order chi connectivity index (χ0) is 6.69. The van der Waals surface area contributed by atoms with Crippen LogP contribution in [0.3, 0.4) is 0 Å². The Bertz CT molecular complexity index is 200. The lowest BCUT2D eigenvalue weighted by molar-refractivity contribution is -0.107. The zero-order valence-electron chi connectivity index (χ0n) is 5.26. The van der Waals surface area contributed by atoms with Gasteiger partial charge < -0.3 is 9.21 Å². The smallest absolute Gasteiger partial charge is 0.127 e. The molecule has 0 radical (unpaired) electrons. The third-order valence-corrected chi connectivity index (χ3v) is 1.24. The van der Waals surface area contributed by atoms with Crippen LogP contribution in [0.5, 0.6) is 0 Å². The van der Waals surface area contributed by atoms with Gasteiger partial charge in [0.05, 0.1) is 12.7 Å². The van der Waals surface area contributed by atoms with Gasteiger partial charge in [0.1, 0.15) is 12.0 Å². The summed E-state index contributed by atoms with van der Waals surface area (Å²) in [5, 5.41) is 0. The van der Waals surface area contributed by atoms with E-state index in [4.69, 9.17) is 4.42 Å². The van der Waals surface area contributed by atoms with Crippen LogP contribution in [0.1, 0.15) is 11.3 Å². The van der Waals surface area contributed by atoms with Crippen molar-refractivity contribution < 1.29 is 9.21 Å². The van der Waals surface area contributed by atoms with Gasteiger partial charge in [0.15, 0.2) is 0 Å². The molecular weight excluding hydrogens is 116 g/mol. The molecule has 0 fully saturated rings. The molecule has 0 aliphatic heterocycles. The van der Waals surface area contributed by atoms with Crippen molar-refractivity contribution >= 4 is 6.29 Å². The molecule has 0 unspecified atom stereocenters. The van der Waals surface area contributed by atoms with E-state index >= 15 is 0 Å². The molecule has 1 aromatic heterocycles. The molecule has 0 N–H and O–H groups in total. The Morgan fingerprint density at radius 2 is 2.56 bits per heavy atom. The van der Waals surface area contributed by atoms with Crippen LogP contribution in [0.15, 0.2) is 16.7 Å². The van der Waals surface area contributed by atoms with Crippen LogP contribution in [0.25, 0.3) is 0 Å². The van der Waals surface area contributed by atoms with Gasteiger partial charge in [-0.1, -0.05) is 0 Å². The molecule has 9 heavy (non-hydrogen) atoms. The van der Waals surface area contributed by atoms with Crippen molar-refractivity contribution in [2.24, 2.45) is 0 Å². The van der Waals surface area contributed by atoms with Gasteiger partial charge in [0, 0.05) is 0 Å². The van der Waals surface area contributed by atoms with E-state index in [0.29, 0.717) is 6.42 Å². The van der Waals surface area contributed by atoms with E-state index in [1.54, 1.807) is 6.26 Å². The largest absolute Gasteiger partial charge is 0.469 e. The number of furan rings is 1. The molecule has 1 rings (SSSR count). The van der Waals surface area contributed by atoms with Crippen LogP contribution in [-0.2, 0) is 11.2 Å². The summed E-state index contributed by atoms with van der Waals surface area (Å²) < 4.78 is 4.97. The van der Waals surface area contributed by atoms with E-state index in [9.17, 15) is 4.79 Å². The van der Waals surface area contributed by atoms with Gasteiger partial charge in [-0.05, 0) is 18.6 Å². The van der Waals surface area contributed by atoms with Gasteiger partial charge in [-0.15, -0.1) is 0 Å². The Morgan fingerprint density at radius 3 is 3.00 bits per heavy atom. The van der Waals surface area contributed by atoms with Crippen LogP contribution in [0.4, 0.5) is 0 Å². The molecule has 0 aromatic carbocycles. The number of aldehydes is 1. The van der Waals surface area contributed by atoms with Gasteiger partial charge in [-0.25, -0.2) is 0 Å². The summed E-state index contributed by atoms with van der Waals surface area (Å²) in [5.41, 5.74) is 1.04. The Kier molecular flexibility index (Phi) is 1.68. The number of carbonyl (C=O) groups excluding carboxylic acids is 1. The first-order chi connectivity index (χ1) is 4.34. The van der Waals surface area contributed by atoms with Crippen LogP contribution < -0.4 is 0 Å². The van der Waals surface area contributed by atoms with Crippen molar-refractivity contribution in [3.8, 4) is 0 Å². The molecule has 0 bridgehead atoms. The van der Waals surface area contributed by atoms with E-state index in [0.717, 1.165) is 17.6 Å². The Labute approximate surface area is 53.5 Å². The Morgan fingerprint density at radius 1 is 1.78 bits per heavy atom. The van der Waals surface area contributed by atoms with Gasteiger partial charge in [0.2, 0.25) is 0 Å². The van der Waals surface area contributed by atoms with E-state index in [-0.39, 0.29) is 0 Å². The average molecular weight is 124 g/mol. The summed E-state index contributed by atoms with van der Waals surface area (Å²) in [6.07, 6.45) is 2.82. The summed E-state index contributed by atoms with van der Waals surface area (Å²) in [5.74, 6) is 0.769. The van der Waals surface area contributed by atoms with E-state index in [1.807, 2.05) is 13.0 Å². The second kappa shape index (κ2) is 2.49. The van der Waals surface area contributed by atoms with Gasteiger partial charge in [-0.3, -0.25) is 0 Å². The minimum Gasteiger partial charge on any atom is -0.469 e. The molecule has 2 nitrogen and oxygen atoms in total. The highest BCUT2D eigenvalue weighted by Crippen LogP contribution is 2.07. The molecule has 0 atom stereocenters. The lowest BCUT2D eigenvalue weighted by Crippen LogP contribution is -1.83. The summed E-state index contributed by atoms with van der Waals surface area (Å²) in [7, 11) is 0. The lowest BCUT2D eigenvalue weighted by Gasteiger charge is -1.86. The normalized spacial score (nSPS) is 9.44. The van der Waals surface area contributed by atoms with Crippen molar-refractivity contribution in [2.45, 2.75) is 13.3 Å². The predicted molar refractivity (Wildman–Crippen MR) is 33.2 cm³/mol. The van der Waals surface area contributed by atoms with Crippen molar-refractivity contribution in [3.63, 3.8) is 0 Å². The van der Waals surface area contributed by atoms with E-state index in [2.05, 4.69) is 0 Å². The highest BCUT2D eigenvalue weighted by Gasteiger charge is 1.97. The number of carbonyl (C=O) groups is 1. The molecule has 0 spiro atoms. The number of hydrogen-bond donors (Lipinski definition) is 0. The SMILES string of the molecule is Cc1ccoc1CC=O. The fourth-order valence-corrected chi connectivity index (χ4v) is 0.689.